The third-order valence-electron chi connectivity index (χ3n) is 1.34. The van der Waals surface area contributed by atoms with Crippen LogP contribution < -0.4 is 5.84 Å². The van der Waals surface area contributed by atoms with Gasteiger partial charge in [-0.05, 0) is 6.07 Å². The lowest BCUT2D eigenvalue weighted by Crippen LogP contribution is -1.86. The Morgan fingerprint density at radius 3 is 2.77 bits per heavy atom. The van der Waals surface area contributed by atoms with Crippen LogP contribution in [0.4, 0.5) is 11.4 Å². The zero-order valence-electron chi connectivity index (χ0n) is 6.41. The lowest BCUT2D eigenvalue weighted by Gasteiger charge is -1.95. The molecule has 0 atom stereocenters. The van der Waals surface area contributed by atoms with Gasteiger partial charge >= 0.3 is 0 Å². The van der Waals surface area contributed by atoms with Crippen molar-refractivity contribution in [3.63, 3.8) is 0 Å². The summed E-state index contributed by atoms with van der Waals surface area (Å²) in [7, 11) is 0. The highest BCUT2D eigenvalue weighted by Crippen LogP contribution is 2.30. The standard InChI is InChI=1S/C6H6N4O3/c7-9-8-5-3-4(10(12)13)1-2-6(5)11/h1-3,11H,(H2,7,8). The number of nitrogens with zero attached hydrogens (tertiary/aromatic N) is 3. The fraction of sp³-hybridized carbons (Fsp3) is 0. The highest BCUT2D eigenvalue weighted by molar-refractivity contribution is 5.56. The monoisotopic (exact) mass is 182 g/mol. The van der Waals surface area contributed by atoms with Gasteiger partial charge < -0.3 is 10.9 Å². The van der Waals surface area contributed by atoms with Crippen molar-refractivity contribution < 1.29 is 10.0 Å². The molecule has 68 valence electrons. The maximum absolute atomic E-state index is 10.3. The largest absolute Gasteiger partial charge is 0.506 e. The van der Waals surface area contributed by atoms with Crippen molar-refractivity contribution in [3.05, 3.63) is 28.3 Å². The molecule has 0 amide bonds. The summed E-state index contributed by atoms with van der Waals surface area (Å²) < 4.78 is 0. The maximum Gasteiger partial charge on any atom is 0.271 e. The molecule has 0 aromatic heterocycles. The van der Waals surface area contributed by atoms with E-state index in [-0.39, 0.29) is 17.1 Å². The number of phenols is 1. The Balaban J connectivity index is 3.18. The SMILES string of the molecule is NN=Nc1cc([N+](=O)[O-])ccc1O. The summed E-state index contributed by atoms with van der Waals surface area (Å²) in [5.74, 6) is 4.52. The number of rotatable bonds is 2. The van der Waals surface area contributed by atoms with E-state index in [1.807, 2.05) is 0 Å². The quantitative estimate of drug-likeness (QED) is 0.310. The van der Waals surface area contributed by atoms with Crippen LogP contribution in [0.25, 0.3) is 0 Å². The lowest BCUT2D eigenvalue weighted by molar-refractivity contribution is -0.384. The molecule has 1 aromatic rings. The van der Waals surface area contributed by atoms with Crippen molar-refractivity contribution in [2.75, 3.05) is 0 Å². The lowest BCUT2D eigenvalue weighted by atomic mass is 10.2. The van der Waals surface area contributed by atoms with Gasteiger partial charge in [0.1, 0.15) is 11.4 Å². The Bertz CT molecular complexity index is 363. The molecule has 1 aromatic carbocycles. The average molecular weight is 182 g/mol. The van der Waals surface area contributed by atoms with Crippen LogP contribution in [0.15, 0.2) is 28.5 Å². The van der Waals surface area contributed by atoms with Gasteiger partial charge in [0.2, 0.25) is 0 Å². The van der Waals surface area contributed by atoms with Gasteiger partial charge in [-0.3, -0.25) is 10.1 Å². The number of phenolic OH excluding ortho intramolecular Hbond substituents is 1. The van der Waals surface area contributed by atoms with E-state index in [2.05, 4.69) is 10.3 Å². The molecule has 0 saturated carbocycles. The summed E-state index contributed by atoms with van der Waals surface area (Å²) in [4.78, 5) is 9.69. The van der Waals surface area contributed by atoms with E-state index in [1.165, 1.54) is 0 Å². The Hall–Kier alpha value is -2.18. The van der Waals surface area contributed by atoms with Crippen LogP contribution in [0.5, 0.6) is 5.75 Å². The molecule has 0 aliphatic rings. The zero-order valence-corrected chi connectivity index (χ0v) is 6.41. The van der Waals surface area contributed by atoms with E-state index in [1.54, 1.807) is 0 Å². The Morgan fingerprint density at radius 1 is 1.54 bits per heavy atom. The van der Waals surface area contributed by atoms with Crippen molar-refractivity contribution in [2.24, 2.45) is 16.2 Å². The highest BCUT2D eigenvalue weighted by Gasteiger charge is 2.09. The summed E-state index contributed by atoms with van der Waals surface area (Å²) in [6.45, 7) is 0. The molecule has 0 saturated heterocycles. The molecular formula is C6H6N4O3. The second-order valence-electron chi connectivity index (χ2n) is 2.15. The number of aromatic hydroxyl groups is 1. The van der Waals surface area contributed by atoms with Gasteiger partial charge in [0, 0.05) is 12.1 Å². The first-order valence-corrected chi connectivity index (χ1v) is 3.23. The number of nitrogens with two attached hydrogens (primary N) is 1. The number of hydrogen-bond acceptors (Lipinski definition) is 5. The third kappa shape index (κ3) is 1.89. The van der Waals surface area contributed by atoms with Crippen molar-refractivity contribution in [1.29, 1.82) is 0 Å². The van der Waals surface area contributed by atoms with Crippen LogP contribution in [0, 0.1) is 10.1 Å². The molecular weight excluding hydrogens is 176 g/mol. The molecule has 0 aliphatic carbocycles. The van der Waals surface area contributed by atoms with Gasteiger partial charge in [0.25, 0.3) is 5.69 Å². The molecule has 0 radical (unpaired) electrons. The van der Waals surface area contributed by atoms with E-state index in [0.717, 1.165) is 18.2 Å². The van der Waals surface area contributed by atoms with Gasteiger partial charge in [-0.25, -0.2) is 0 Å². The van der Waals surface area contributed by atoms with E-state index >= 15 is 0 Å². The smallest absolute Gasteiger partial charge is 0.271 e. The summed E-state index contributed by atoms with van der Waals surface area (Å²) in [6, 6.07) is 3.39. The molecule has 0 spiro atoms. The predicted octanol–water partition coefficient (Wildman–Crippen LogP) is 1.26. The van der Waals surface area contributed by atoms with Gasteiger partial charge in [-0.1, -0.05) is 5.22 Å². The second kappa shape index (κ2) is 3.48. The molecule has 3 N–H and O–H groups in total. The van der Waals surface area contributed by atoms with Gasteiger partial charge in [0.15, 0.2) is 0 Å². The molecule has 0 bridgehead atoms. The first kappa shape index (κ1) is 8.91. The number of nitro groups is 1. The molecule has 0 heterocycles. The normalized spacial score (nSPS) is 10.5. The molecule has 13 heavy (non-hydrogen) atoms. The highest BCUT2D eigenvalue weighted by atomic mass is 16.6. The van der Waals surface area contributed by atoms with Crippen LogP contribution in [0.3, 0.4) is 0 Å². The molecule has 0 fully saturated rings. The molecule has 7 nitrogen and oxygen atoms in total. The Morgan fingerprint density at radius 2 is 2.23 bits per heavy atom. The van der Waals surface area contributed by atoms with Gasteiger partial charge in [-0.15, -0.1) is 5.11 Å². The number of hydrogen-bond donors (Lipinski definition) is 2. The number of nitro benzene ring substituents is 1. The van der Waals surface area contributed by atoms with Crippen LogP contribution in [0.2, 0.25) is 0 Å². The molecule has 0 unspecified atom stereocenters. The minimum absolute atomic E-state index is 0.0308. The van der Waals surface area contributed by atoms with E-state index < -0.39 is 4.92 Å². The summed E-state index contributed by atoms with van der Waals surface area (Å²) in [6.07, 6.45) is 0. The van der Waals surface area contributed by atoms with Gasteiger partial charge in [-0.2, -0.15) is 0 Å². The number of non-ortho nitro benzene ring substituents is 1. The van der Waals surface area contributed by atoms with Gasteiger partial charge in [0.05, 0.1) is 4.92 Å². The molecule has 0 aliphatic heterocycles. The third-order valence-corrected chi connectivity index (χ3v) is 1.34. The topological polar surface area (TPSA) is 114 Å². The molecule has 1 rings (SSSR count). The minimum atomic E-state index is -0.602. The zero-order chi connectivity index (χ0) is 9.84. The van der Waals surface area contributed by atoms with E-state index in [0.29, 0.717) is 0 Å². The van der Waals surface area contributed by atoms with Crippen molar-refractivity contribution in [1.82, 2.24) is 0 Å². The van der Waals surface area contributed by atoms with E-state index in [9.17, 15) is 10.1 Å². The minimum Gasteiger partial charge on any atom is -0.506 e. The maximum atomic E-state index is 10.3. The average Bonchev–Trinajstić information content (AvgIpc) is 2.08. The van der Waals surface area contributed by atoms with Crippen LogP contribution >= 0.6 is 0 Å². The Labute approximate surface area is 72.6 Å². The summed E-state index contributed by atoms with van der Waals surface area (Å²) in [5.41, 5.74) is -0.211. The Kier molecular flexibility index (Phi) is 2.38. The fourth-order valence-corrected chi connectivity index (χ4v) is 0.768. The van der Waals surface area contributed by atoms with Crippen LogP contribution in [-0.4, -0.2) is 10.0 Å². The van der Waals surface area contributed by atoms with Crippen molar-refractivity contribution in [3.8, 4) is 5.75 Å². The van der Waals surface area contributed by atoms with Crippen molar-refractivity contribution >= 4 is 11.4 Å². The van der Waals surface area contributed by atoms with Crippen LogP contribution in [-0.2, 0) is 0 Å². The summed E-state index contributed by atoms with van der Waals surface area (Å²) >= 11 is 0. The van der Waals surface area contributed by atoms with Crippen molar-refractivity contribution in [2.45, 2.75) is 0 Å². The first-order chi connectivity index (χ1) is 6.15. The van der Waals surface area contributed by atoms with E-state index in [4.69, 9.17) is 10.9 Å². The first-order valence-electron chi connectivity index (χ1n) is 3.23. The van der Waals surface area contributed by atoms with Crippen LogP contribution in [0.1, 0.15) is 0 Å². The second-order valence-corrected chi connectivity index (χ2v) is 2.15. The summed E-state index contributed by atoms with van der Waals surface area (Å²) in [5, 5.41) is 25.6. The number of benzene rings is 1. The predicted molar refractivity (Wildman–Crippen MR) is 43.5 cm³/mol. The molecule has 7 heteroatoms. The fourth-order valence-electron chi connectivity index (χ4n) is 0.768.